The first-order valence-electron chi connectivity index (χ1n) is 9.75. The van der Waals surface area contributed by atoms with E-state index in [4.69, 9.17) is 9.47 Å². The molecule has 6 nitrogen and oxygen atoms in total. The van der Waals surface area contributed by atoms with Crippen LogP contribution in [-0.4, -0.2) is 36.2 Å². The van der Waals surface area contributed by atoms with Crippen LogP contribution in [-0.2, 0) is 17.8 Å². The number of nitrogens with zero attached hydrogens (tertiary/aromatic N) is 2. The van der Waals surface area contributed by atoms with E-state index in [1.165, 1.54) is 23.5 Å². The number of halogens is 1. The van der Waals surface area contributed by atoms with Crippen LogP contribution < -0.4 is 14.8 Å². The number of hydrogen-bond donors (Lipinski definition) is 1. The highest BCUT2D eigenvalue weighted by Crippen LogP contribution is 2.33. The Kier molecular flexibility index (Phi) is 6.18. The molecule has 1 amide bonds. The number of amides is 1. The SMILES string of the molecule is COc1ccc(-c2nc(CC(=O)NCCn3ccc4ccc(F)cc43)cs2)cc1OC. The van der Waals surface area contributed by atoms with E-state index in [-0.39, 0.29) is 18.1 Å². The van der Waals surface area contributed by atoms with Crippen molar-refractivity contribution in [2.45, 2.75) is 13.0 Å². The zero-order chi connectivity index (χ0) is 21.8. The van der Waals surface area contributed by atoms with Crippen molar-refractivity contribution in [3.05, 3.63) is 65.6 Å². The number of nitrogens with one attached hydrogen (secondary N) is 1. The Labute approximate surface area is 183 Å². The van der Waals surface area contributed by atoms with Gasteiger partial charge in [-0.05, 0) is 47.9 Å². The molecule has 0 aliphatic heterocycles. The molecule has 0 bridgehead atoms. The largest absolute Gasteiger partial charge is 0.493 e. The van der Waals surface area contributed by atoms with Crippen LogP contribution in [0.4, 0.5) is 4.39 Å². The molecule has 2 aromatic carbocycles. The number of ether oxygens (including phenoxy) is 2. The fraction of sp³-hybridized carbons (Fsp3) is 0.217. The lowest BCUT2D eigenvalue weighted by Crippen LogP contribution is -2.28. The van der Waals surface area contributed by atoms with Crippen molar-refractivity contribution in [2.75, 3.05) is 20.8 Å². The Morgan fingerprint density at radius 2 is 1.97 bits per heavy atom. The summed E-state index contributed by atoms with van der Waals surface area (Å²) in [5.41, 5.74) is 2.43. The molecule has 2 aromatic heterocycles. The standard InChI is InChI=1S/C23H22FN3O3S/c1-29-20-6-4-16(11-21(20)30-2)23-26-18(14-31-23)13-22(28)25-8-10-27-9-7-15-3-5-17(24)12-19(15)27/h3-7,9,11-12,14H,8,10,13H2,1-2H3,(H,25,28). The third-order valence-corrected chi connectivity index (χ3v) is 5.87. The second kappa shape index (κ2) is 9.18. The molecule has 0 unspecified atom stereocenters. The topological polar surface area (TPSA) is 65.4 Å². The summed E-state index contributed by atoms with van der Waals surface area (Å²) in [6, 6.07) is 12.2. The average Bonchev–Trinajstić information content (AvgIpc) is 3.40. The Morgan fingerprint density at radius 1 is 1.13 bits per heavy atom. The Balaban J connectivity index is 1.34. The third kappa shape index (κ3) is 4.69. The minimum atomic E-state index is -0.273. The van der Waals surface area contributed by atoms with E-state index in [0.29, 0.717) is 30.3 Å². The number of carbonyl (C=O) groups is 1. The maximum atomic E-state index is 13.5. The zero-order valence-corrected chi connectivity index (χ0v) is 18.0. The number of hydrogen-bond acceptors (Lipinski definition) is 5. The minimum Gasteiger partial charge on any atom is -0.493 e. The first kappa shape index (κ1) is 20.9. The summed E-state index contributed by atoms with van der Waals surface area (Å²) in [6.45, 7) is 1.01. The van der Waals surface area contributed by atoms with Crippen LogP contribution in [0.25, 0.3) is 21.5 Å². The fourth-order valence-corrected chi connectivity index (χ4v) is 4.20. The molecule has 0 spiro atoms. The molecule has 8 heteroatoms. The highest BCUT2D eigenvalue weighted by atomic mass is 32.1. The number of benzene rings is 2. The van der Waals surface area contributed by atoms with E-state index < -0.39 is 0 Å². The van der Waals surface area contributed by atoms with Crippen molar-refractivity contribution < 1.29 is 18.7 Å². The van der Waals surface area contributed by atoms with E-state index in [2.05, 4.69) is 10.3 Å². The van der Waals surface area contributed by atoms with Gasteiger partial charge in [0.2, 0.25) is 5.91 Å². The van der Waals surface area contributed by atoms with Crippen LogP contribution in [0.1, 0.15) is 5.69 Å². The quantitative estimate of drug-likeness (QED) is 0.445. The van der Waals surface area contributed by atoms with E-state index in [1.54, 1.807) is 20.3 Å². The van der Waals surface area contributed by atoms with Gasteiger partial charge in [0.05, 0.1) is 31.9 Å². The molecule has 0 saturated carbocycles. The summed E-state index contributed by atoms with van der Waals surface area (Å²) < 4.78 is 26.0. The van der Waals surface area contributed by atoms with Crippen molar-refractivity contribution in [2.24, 2.45) is 0 Å². The van der Waals surface area contributed by atoms with Crippen molar-refractivity contribution in [1.82, 2.24) is 14.9 Å². The summed E-state index contributed by atoms with van der Waals surface area (Å²) in [4.78, 5) is 16.9. The summed E-state index contributed by atoms with van der Waals surface area (Å²) in [5.74, 6) is 0.907. The lowest BCUT2D eigenvalue weighted by molar-refractivity contribution is -0.120. The van der Waals surface area contributed by atoms with Crippen molar-refractivity contribution in [3.63, 3.8) is 0 Å². The van der Waals surface area contributed by atoms with Crippen LogP contribution in [0.15, 0.2) is 54.0 Å². The monoisotopic (exact) mass is 439 g/mol. The molecule has 4 aromatic rings. The lowest BCUT2D eigenvalue weighted by atomic mass is 10.2. The molecule has 0 radical (unpaired) electrons. The molecule has 2 heterocycles. The number of fused-ring (bicyclic) bond motifs is 1. The predicted molar refractivity (Wildman–Crippen MR) is 119 cm³/mol. The van der Waals surface area contributed by atoms with Crippen LogP contribution in [0, 0.1) is 5.82 Å². The first-order chi connectivity index (χ1) is 15.1. The van der Waals surface area contributed by atoms with Gasteiger partial charge in [0, 0.05) is 30.2 Å². The summed E-state index contributed by atoms with van der Waals surface area (Å²) in [5, 5.41) is 6.57. The molecule has 31 heavy (non-hydrogen) atoms. The van der Waals surface area contributed by atoms with Gasteiger partial charge in [0.15, 0.2) is 11.5 Å². The first-order valence-corrected chi connectivity index (χ1v) is 10.6. The van der Waals surface area contributed by atoms with Crippen LogP contribution in [0.3, 0.4) is 0 Å². The molecule has 0 saturated heterocycles. The summed E-state index contributed by atoms with van der Waals surface area (Å²) in [6.07, 6.45) is 2.09. The van der Waals surface area contributed by atoms with Gasteiger partial charge in [-0.3, -0.25) is 4.79 Å². The van der Waals surface area contributed by atoms with Crippen molar-refractivity contribution >= 4 is 28.1 Å². The van der Waals surface area contributed by atoms with Crippen LogP contribution >= 0.6 is 11.3 Å². The third-order valence-electron chi connectivity index (χ3n) is 4.93. The smallest absolute Gasteiger partial charge is 0.226 e. The highest BCUT2D eigenvalue weighted by molar-refractivity contribution is 7.13. The maximum absolute atomic E-state index is 13.5. The van der Waals surface area contributed by atoms with E-state index in [0.717, 1.165) is 21.5 Å². The van der Waals surface area contributed by atoms with Gasteiger partial charge in [-0.15, -0.1) is 11.3 Å². The van der Waals surface area contributed by atoms with Crippen LogP contribution in [0.2, 0.25) is 0 Å². The number of methoxy groups -OCH3 is 2. The van der Waals surface area contributed by atoms with Gasteiger partial charge >= 0.3 is 0 Å². The second-order valence-electron chi connectivity index (χ2n) is 6.95. The minimum absolute atomic E-state index is 0.105. The molecule has 0 atom stereocenters. The van der Waals surface area contributed by atoms with E-state index in [9.17, 15) is 9.18 Å². The second-order valence-corrected chi connectivity index (χ2v) is 7.81. The van der Waals surface area contributed by atoms with Gasteiger partial charge in [-0.1, -0.05) is 0 Å². The zero-order valence-electron chi connectivity index (χ0n) is 17.2. The molecule has 1 N–H and O–H groups in total. The fourth-order valence-electron chi connectivity index (χ4n) is 3.38. The summed E-state index contributed by atoms with van der Waals surface area (Å²) in [7, 11) is 3.18. The Bertz CT molecular complexity index is 1220. The van der Waals surface area contributed by atoms with Crippen LogP contribution in [0.5, 0.6) is 11.5 Å². The molecule has 4 rings (SSSR count). The highest BCUT2D eigenvalue weighted by Gasteiger charge is 2.12. The molecular weight excluding hydrogens is 417 g/mol. The lowest BCUT2D eigenvalue weighted by Gasteiger charge is -2.08. The van der Waals surface area contributed by atoms with Gasteiger partial charge in [-0.2, -0.15) is 0 Å². The summed E-state index contributed by atoms with van der Waals surface area (Å²) >= 11 is 1.47. The molecule has 0 aliphatic carbocycles. The van der Waals surface area contributed by atoms with Gasteiger partial charge in [0.25, 0.3) is 0 Å². The molecular formula is C23H22FN3O3S. The van der Waals surface area contributed by atoms with E-state index in [1.807, 2.05) is 40.4 Å². The number of carbonyl (C=O) groups excluding carboxylic acids is 1. The molecule has 0 aliphatic rings. The normalized spacial score (nSPS) is 10.9. The molecule has 160 valence electrons. The van der Waals surface area contributed by atoms with Gasteiger partial charge < -0.3 is 19.4 Å². The Morgan fingerprint density at radius 3 is 2.77 bits per heavy atom. The average molecular weight is 440 g/mol. The maximum Gasteiger partial charge on any atom is 0.226 e. The van der Waals surface area contributed by atoms with Crippen molar-refractivity contribution in [1.29, 1.82) is 0 Å². The number of rotatable bonds is 8. The Hall–Kier alpha value is -3.39. The number of thiazole rings is 1. The van der Waals surface area contributed by atoms with Gasteiger partial charge in [-0.25, -0.2) is 9.37 Å². The number of aromatic nitrogens is 2. The van der Waals surface area contributed by atoms with E-state index >= 15 is 0 Å². The van der Waals surface area contributed by atoms with Gasteiger partial charge in [0.1, 0.15) is 10.8 Å². The molecule has 0 fully saturated rings. The predicted octanol–water partition coefficient (Wildman–Crippen LogP) is 4.28. The van der Waals surface area contributed by atoms with Crippen molar-refractivity contribution in [3.8, 4) is 22.1 Å².